The molecule has 0 atom stereocenters. The van der Waals surface area contributed by atoms with Gasteiger partial charge in [-0.25, -0.2) is 13.1 Å². The third-order valence-electron chi connectivity index (χ3n) is 8.94. The smallest absolute Gasteiger partial charge is 0.242 e. The third kappa shape index (κ3) is 6.04. The summed E-state index contributed by atoms with van der Waals surface area (Å²) in [4.78, 5) is 12.1. The molecule has 0 spiro atoms. The fourth-order valence-corrected chi connectivity index (χ4v) is 6.94. The van der Waals surface area contributed by atoms with Crippen molar-refractivity contribution in [1.29, 1.82) is 0 Å². The van der Waals surface area contributed by atoms with Crippen LogP contribution in [0.25, 0.3) is 11.3 Å². The van der Waals surface area contributed by atoms with Gasteiger partial charge in [0.15, 0.2) is 0 Å². The van der Waals surface area contributed by atoms with E-state index in [4.69, 9.17) is 5.73 Å². The van der Waals surface area contributed by atoms with Crippen molar-refractivity contribution >= 4 is 15.9 Å². The van der Waals surface area contributed by atoms with Crippen LogP contribution in [-0.4, -0.2) is 25.4 Å². The molecule has 0 radical (unpaired) electrons. The van der Waals surface area contributed by atoms with Crippen LogP contribution in [-0.2, 0) is 32.2 Å². The number of sulfonamides is 1. The molecule has 1 heterocycles. The topological polar surface area (TPSA) is 94.2 Å². The zero-order chi connectivity index (χ0) is 28.1. The quantitative estimate of drug-likeness (QED) is 0.397. The second-order valence-electron chi connectivity index (χ2n) is 13.8. The van der Waals surface area contributed by atoms with Crippen LogP contribution in [0.2, 0.25) is 0 Å². The van der Waals surface area contributed by atoms with Crippen molar-refractivity contribution in [2.75, 3.05) is 6.54 Å². The van der Waals surface area contributed by atoms with Crippen LogP contribution in [0.4, 0.5) is 0 Å². The number of nitrogens with two attached hydrogens (primary N) is 1. The lowest BCUT2D eigenvalue weighted by Crippen LogP contribution is -2.42. The maximum absolute atomic E-state index is 13.6. The van der Waals surface area contributed by atoms with Crippen molar-refractivity contribution in [3.05, 3.63) is 41.1 Å². The number of aromatic nitrogens is 1. The van der Waals surface area contributed by atoms with Crippen LogP contribution in [0.1, 0.15) is 103 Å². The number of hydrogen-bond donors (Lipinski definition) is 2. The number of nitrogens with one attached hydrogen (secondary N) is 1. The van der Waals surface area contributed by atoms with Gasteiger partial charge in [-0.05, 0) is 98.1 Å². The second-order valence-corrected chi connectivity index (χ2v) is 15.5. The summed E-state index contributed by atoms with van der Waals surface area (Å²) in [6.07, 6.45) is 8.46. The monoisotopic (exact) mass is 541 g/mol. The van der Waals surface area contributed by atoms with E-state index < -0.39 is 21.3 Å². The third-order valence-corrected chi connectivity index (χ3v) is 10.5. The number of primary amides is 1. The minimum atomic E-state index is -3.85. The lowest BCUT2D eigenvalue weighted by Gasteiger charge is -2.26. The summed E-state index contributed by atoms with van der Waals surface area (Å²) in [5.74, 6) is 0.00435. The standard InChI is InChI=1S/C31H47N3O3S/c1-21-27(38(36,37)33-20-30(5,6)28(32)35)18-26(34(21)19-22-11-9-8-10-12-22)23-15-24(29(2,3)4)17-25(16-23)31(7)13-14-31/h15-18,22,33H,8-14,19-20H2,1-7H3,(H2,32,35). The number of rotatable bonds is 9. The molecule has 2 aliphatic carbocycles. The lowest BCUT2D eigenvalue weighted by molar-refractivity contribution is -0.125. The lowest BCUT2D eigenvalue weighted by atomic mass is 9.82. The Morgan fingerprint density at radius 1 is 1.05 bits per heavy atom. The zero-order valence-electron chi connectivity index (χ0n) is 24.4. The molecule has 0 bridgehead atoms. The Labute approximate surface area is 229 Å². The first kappa shape index (κ1) is 28.9. The van der Waals surface area contributed by atoms with E-state index in [0.29, 0.717) is 5.92 Å². The normalized spacial score (nSPS) is 18.5. The van der Waals surface area contributed by atoms with E-state index in [0.717, 1.165) is 23.5 Å². The number of carbonyl (C=O) groups is 1. The molecular weight excluding hydrogens is 494 g/mol. The van der Waals surface area contributed by atoms with Crippen molar-refractivity contribution in [3.63, 3.8) is 0 Å². The van der Waals surface area contributed by atoms with Gasteiger partial charge >= 0.3 is 0 Å². The highest BCUT2D eigenvalue weighted by molar-refractivity contribution is 7.89. The average Bonchev–Trinajstić information content (AvgIpc) is 3.51. The summed E-state index contributed by atoms with van der Waals surface area (Å²) >= 11 is 0. The number of amides is 1. The highest BCUT2D eigenvalue weighted by Crippen LogP contribution is 2.49. The summed E-state index contributed by atoms with van der Waals surface area (Å²) in [5.41, 5.74) is 10.1. The number of nitrogens with zero attached hydrogens (tertiary/aromatic N) is 1. The largest absolute Gasteiger partial charge is 0.369 e. The molecule has 2 saturated carbocycles. The maximum atomic E-state index is 13.6. The van der Waals surface area contributed by atoms with Crippen molar-refractivity contribution in [2.24, 2.45) is 17.1 Å². The molecule has 3 N–H and O–H groups in total. The molecule has 4 rings (SSSR count). The van der Waals surface area contributed by atoms with E-state index in [-0.39, 0.29) is 22.3 Å². The maximum Gasteiger partial charge on any atom is 0.242 e. The Kier molecular flexibility index (Phi) is 7.69. The first-order valence-corrected chi connectivity index (χ1v) is 15.7. The first-order chi connectivity index (χ1) is 17.5. The van der Waals surface area contributed by atoms with Gasteiger partial charge in [-0.15, -0.1) is 0 Å². The summed E-state index contributed by atoms with van der Waals surface area (Å²) in [6.45, 7) is 15.0. The van der Waals surface area contributed by atoms with Gasteiger partial charge in [0.05, 0.1) is 5.41 Å². The molecule has 0 saturated heterocycles. The molecule has 6 nitrogen and oxygen atoms in total. The summed E-state index contributed by atoms with van der Waals surface area (Å²) < 4.78 is 32.1. The Balaban J connectivity index is 1.83. The van der Waals surface area contributed by atoms with Gasteiger partial charge in [0, 0.05) is 24.5 Å². The Morgan fingerprint density at radius 3 is 2.24 bits per heavy atom. The summed E-state index contributed by atoms with van der Waals surface area (Å²) in [6, 6.07) is 8.73. The van der Waals surface area contributed by atoms with E-state index in [9.17, 15) is 13.2 Å². The van der Waals surface area contributed by atoms with E-state index in [1.54, 1.807) is 13.8 Å². The van der Waals surface area contributed by atoms with Crippen molar-refractivity contribution in [2.45, 2.75) is 116 Å². The molecule has 1 amide bonds. The van der Waals surface area contributed by atoms with Crippen molar-refractivity contribution in [1.82, 2.24) is 9.29 Å². The van der Waals surface area contributed by atoms with Crippen molar-refractivity contribution in [3.8, 4) is 11.3 Å². The van der Waals surface area contributed by atoms with Crippen LogP contribution in [0.3, 0.4) is 0 Å². The molecule has 210 valence electrons. The molecule has 2 aliphatic rings. The number of hydrogen-bond acceptors (Lipinski definition) is 3. The molecule has 0 aliphatic heterocycles. The zero-order valence-corrected chi connectivity index (χ0v) is 25.2. The van der Waals surface area contributed by atoms with Gasteiger partial charge in [0.2, 0.25) is 15.9 Å². The van der Waals surface area contributed by atoms with Gasteiger partial charge in [-0.1, -0.05) is 53.0 Å². The van der Waals surface area contributed by atoms with Gasteiger partial charge in [0.25, 0.3) is 0 Å². The SMILES string of the molecule is Cc1c(S(=O)(=O)NCC(C)(C)C(N)=O)cc(-c2cc(C(C)(C)C)cc(C3(C)CC3)c2)n1CC1CCCCC1. The second kappa shape index (κ2) is 10.1. The van der Waals surface area contributed by atoms with Crippen LogP contribution in [0, 0.1) is 18.3 Å². The molecular formula is C31H47N3O3S. The first-order valence-electron chi connectivity index (χ1n) is 14.2. The van der Waals surface area contributed by atoms with Gasteiger partial charge in [0.1, 0.15) is 4.90 Å². The molecule has 7 heteroatoms. The van der Waals surface area contributed by atoms with E-state index in [2.05, 4.69) is 55.2 Å². The van der Waals surface area contributed by atoms with E-state index in [1.807, 2.05) is 13.0 Å². The van der Waals surface area contributed by atoms with Gasteiger partial charge in [-0.3, -0.25) is 4.79 Å². The number of benzene rings is 1. The summed E-state index contributed by atoms with van der Waals surface area (Å²) in [5, 5.41) is 0. The van der Waals surface area contributed by atoms with Gasteiger partial charge in [-0.2, -0.15) is 0 Å². The Morgan fingerprint density at radius 2 is 1.68 bits per heavy atom. The van der Waals surface area contributed by atoms with Crippen LogP contribution in [0.5, 0.6) is 0 Å². The minimum absolute atomic E-state index is 0.0251. The minimum Gasteiger partial charge on any atom is -0.369 e. The number of carbonyl (C=O) groups excluding carboxylic acids is 1. The van der Waals surface area contributed by atoms with Crippen LogP contribution in [0.15, 0.2) is 29.2 Å². The van der Waals surface area contributed by atoms with Crippen molar-refractivity contribution < 1.29 is 13.2 Å². The van der Waals surface area contributed by atoms with Gasteiger partial charge < -0.3 is 10.3 Å². The molecule has 1 aromatic heterocycles. The summed E-state index contributed by atoms with van der Waals surface area (Å²) in [7, 11) is -3.85. The molecule has 1 aromatic carbocycles. The average molecular weight is 542 g/mol. The molecule has 0 unspecified atom stereocenters. The highest BCUT2D eigenvalue weighted by Gasteiger charge is 2.40. The Bertz CT molecular complexity index is 1280. The molecule has 2 aromatic rings. The predicted octanol–water partition coefficient (Wildman–Crippen LogP) is 6.18. The van der Waals surface area contributed by atoms with Crippen LogP contribution >= 0.6 is 0 Å². The molecule has 38 heavy (non-hydrogen) atoms. The van der Waals surface area contributed by atoms with Crippen LogP contribution < -0.4 is 10.5 Å². The Hall–Kier alpha value is -2.12. The predicted molar refractivity (Wildman–Crippen MR) is 155 cm³/mol. The van der Waals surface area contributed by atoms with E-state index >= 15 is 0 Å². The molecule has 2 fully saturated rings. The highest BCUT2D eigenvalue weighted by atomic mass is 32.2. The fraction of sp³-hybridized carbons (Fsp3) is 0.645. The van der Waals surface area contributed by atoms with E-state index in [1.165, 1.54) is 56.1 Å². The fourth-order valence-electron chi connectivity index (χ4n) is 5.47.